The van der Waals surface area contributed by atoms with Crippen LogP contribution in [0.25, 0.3) is 0 Å². The van der Waals surface area contributed by atoms with Gasteiger partial charge in [-0.15, -0.1) is 0 Å². The molecule has 0 aromatic carbocycles. The van der Waals surface area contributed by atoms with Gasteiger partial charge in [0.25, 0.3) is 0 Å². The van der Waals surface area contributed by atoms with Crippen LogP contribution in [-0.2, 0) is 9.47 Å². The maximum atomic E-state index is 9.93. The molecule has 0 aliphatic rings. The molecule has 0 aromatic rings. The van der Waals surface area contributed by atoms with Gasteiger partial charge in [0.15, 0.2) is 0 Å². The normalized spacial score (nSPS) is 7.57. The van der Waals surface area contributed by atoms with Crippen LogP contribution in [0.4, 0.5) is 4.79 Å². The third kappa shape index (κ3) is 2.96. The van der Waals surface area contributed by atoms with Crippen molar-refractivity contribution in [1.82, 2.24) is 0 Å². The minimum absolute atomic E-state index is 0.118. The van der Waals surface area contributed by atoms with E-state index in [0.29, 0.717) is 0 Å². The summed E-state index contributed by atoms with van der Waals surface area (Å²) in [6, 6.07) is 0. The van der Waals surface area contributed by atoms with E-state index < -0.39 is 6.16 Å². The van der Waals surface area contributed by atoms with Crippen molar-refractivity contribution < 1.29 is 14.3 Å². The molecule has 0 amide bonds. The summed E-state index contributed by atoms with van der Waals surface area (Å²) in [5.74, 6) is 0. The second kappa shape index (κ2) is 3.33. The maximum absolute atomic E-state index is 9.93. The molecule has 0 saturated heterocycles. The largest absolute Gasteiger partial charge is 0.511 e. The van der Waals surface area contributed by atoms with Crippen LogP contribution in [0.5, 0.6) is 0 Å². The Balaban J connectivity index is 3.00. The zero-order valence-corrected chi connectivity index (χ0v) is 4.14. The number of hydrogen-bond acceptors (Lipinski definition) is 3. The lowest BCUT2D eigenvalue weighted by Gasteiger charge is -1.91. The Bertz CT molecular complexity index is 60.0. The Kier molecular flexibility index (Phi) is 2.92. The van der Waals surface area contributed by atoms with E-state index in [9.17, 15) is 4.79 Å². The molecule has 0 unspecified atom stereocenters. The van der Waals surface area contributed by atoms with Crippen molar-refractivity contribution >= 4 is 6.16 Å². The Morgan fingerprint density at radius 1 is 1.86 bits per heavy atom. The van der Waals surface area contributed by atoms with Gasteiger partial charge in [-0.1, -0.05) is 0 Å². The first-order valence-electron chi connectivity index (χ1n) is 1.81. The molecule has 0 bridgehead atoms. The van der Waals surface area contributed by atoms with E-state index >= 15 is 0 Å². The number of carbonyl (C=O) groups excluding carboxylic acids is 1. The zero-order chi connectivity index (χ0) is 5.70. The van der Waals surface area contributed by atoms with Crippen LogP contribution in [0.2, 0.25) is 0 Å². The predicted octanol–water partition coefficient (Wildman–Crippen LogP) is 0.603. The highest BCUT2D eigenvalue weighted by atomic mass is 16.7. The smallest absolute Gasteiger partial charge is 0.438 e. The van der Waals surface area contributed by atoms with Gasteiger partial charge in [-0.25, -0.2) is 4.79 Å². The van der Waals surface area contributed by atoms with Crippen molar-refractivity contribution in [3.05, 3.63) is 6.92 Å². The molecular weight excluding hydrogens is 96.0 g/mol. The van der Waals surface area contributed by atoms with Crippen molar-refractivity contribution in [3.63, 3.8) is 0 Å². The fraction of sp³-hybridized carbons (Fsp3) is 0.500. The van der Waals surface area contributed by atoms with E-state index in [2.05, 4.69) is 16.4 Å². The molecule has 0 aliphatic heterocycles. The van der Waals surface area contributed by atoms with Crippen LogP contribution < -0.4 is 0 Å². The third-order valence-electron chi connectivity index (χ3n) is 0.387. The van der Waals surface area contributed by atoms with Crippen LogP contribution >= 0.6 is 0 Å². The quantitative estimate of drug-likeness (QED) is 0.360. The molecule has 0 heterocycles. The summed E-state index contributed by atoms with van der Waals surface area (Å²) in [7, 11) is 1.25. The number of hydrogen-bond donors (Lipinski definition) is 0. The SMILES string of the molecule is [CH2+]COC(=O)OC. The lowest BCUT2D eigenvalue weighted by atomic mass is 10.9. The molecule has 0 aliphatic carbocycles. The molecule has 7 heavy (non-hydrogen) atoms. The standard InChI is InChI=1S/C4H7O3/c1-3-7-4(5)6-2/h1,3H2,2H3/q+1. The summed E-state index contributed by atoms with van der Waals surface area (Å²) in [5, 5.41) is 0. The van der Waals surface area contributed by atoms with Crippen LogP contribution in [0.3, 0.4) is 0 Å². The Morgan fingerprint density at radius 2 is 2.43 bits per heavy atom. The highest BCUT2D eigenvalue weighted by molar-refractivity contribution is 5.59. The van der Waals surface area contributed by atoms with Gasteiger partial charge in [0, 0.05) is 0 Å². The van der Waals surface area contributed by atoms with Gasteiger partial charge in [-0.2, -0.15) is 0 Å². The summed E-state index contributed by atoms with van der Waals surface area (Å²) in [5.41, 5.74) is 0. The minimum Gasteiger partial charge on any atom is -0.438 e. The Morgan fingerprint density at radius 3 is 2.57 bits per heavy atom. The number of methoxy groups -OCH3 is 1. The van der Waals surface area contributed by atoms with Gasteiger partial charge in [0.2, 0.25) is 6.61 Å². The number of ether oxygens (including phenoxy) is 2. The molecule has 0 fully saturated rings. The van der Waals surface area contributed by atoms with E-state index in [0.717, 1.165) is 0 Å². The summed E-state index contributed by atoms with van der Waals surface area (Å²) in [4.78, 5) is 9.93. The molecule has 0 rings (SSSR count). The molecule has 3 heteroatoms. The zero-order valence-electron chi connectivity index (χ0n) is 4.14. The fourth-order valence-electron chi connectivity index (χ4n) is 0.142. The third-order valence-corrected chi connectivity index (χ3v) is 0.387. The summed E-state index contributed by atoms with van der Waals surface area (Å²) >= 11 is 0. The van der Waals surface area contributed by atoms with Crippen molar-refractivity contribution in [2.45, 2.75) is 0 Å². The molecule has 0 aromatic heterocycles. The fourth-order valence-corrected chi connectivity index (χ4v) is 0.142. The molecule has 0 radical (unpaired) electrons. The molecule has 0 atom stereocenters. The minimum atomic E-state index is -0.685. The van der Waals surface area contributed by atoms with Crippen molar-refractivity contribution in [2.75, 3.05) is 13.7 Å². The summed E-state index contributed by atoms with van der Waals surface area (Å²) in [6.07, 6.45) is -0.685. The van der Waals surface area contributed by atoms with Gasteiger partial charge < -0.3 is 9.47 Å². The predicted molar refractivity (Wildman–Crippen MR) is 23.7 cm³/mol. The van der Waals surface area contributed by atoms with Crippen molar-refractivity contribution in [1.29, 1.82) is 0 Å². The highest BCUT2D eigenvalue weighted by Gasteiger charge is 1.95. The van der Waals surface area contributed by atoms with E-state index in [4.69, 9.17) is 0 Å². The lowest BCUT2D eigenvalue weighted by molar-refractivity contribution is 0.0814. The molecule has 0 saturated carbocycles. The van der Waals surface area contributed by atoms with Crippen LogP contribution in [0.15, 0.2) is 0 Å². The van der Waals surface area contributed by atoms with Crippen LogP contribution in [-0.4, -0.2) is 19.9 Å². The second-order valence-corrected chi connectivity index (χ2v) is 0.803. The van der Waals surface area contributed by atoms with Crippen molar-refractivity contribution in [2.24, 2.45) is 0 Å². The first kappa shape index (κ1) is 6.14. The van der Waals surface area contributed by atoms with E-state index in [-0.39, 0.29) is 6.61 Å². The van der Waals surface area contributed by atoms with E-state index in [1.165, 1.54) is 7.11 Å². The van der Waals surface area contributed by atoms with Gasteiger partial charge in [-0.3, -0.25) is 0 Å². The topological polar surface area (TPSA) is 35.5 Å². The average Bonchev–Trinajstić information content (AvgIpc) is 1.68. The molecular formula is C4H7O3+. The molecule has 0 N–H and O–H groups in total. The Hall–Kier alpha value is -0.860. The first-order valence-corrected chi connectivity index (χ1v) is 1.81. The van der Waals surface area contributed by atoms with Crippen molar-refractivity contribution in [3.8, 4) is 0 Å². The van der Waals surface area contributed by atoms with E-state index in [1.807, 2.05) is 0 Å². The molecule has 0 spiro atoms. The van der Waals surface area contributed by atoms with Crippen LogP contribution in [0.1, 0.15) is 0 Å². The molecule has 40 valence electrons. The Labute approximate surface area is 42.2 Å². The maximum Gasteiger partial charge on any atom is 0.511 e. The number of rotatable bonds is 1. The van der Waals surface area contributed by atoms with Gasteiger partial charge in [-0.05, 0) is 0 Å². The molecule has 3 nitrogen and oxygen atoms in total. The first-order chi connectivity index (χ1) is 3.31. The average molecular weight is 103 g/mol. The van der Waals surface area contributed by atoms with Crippen LogP contribution in [0, 0.1) is 6.92 Å². The van der Waals surface area contributed by atoms with Gasteiger partial charge >= 0.3 is 6.16 Å². The lowest BCUT2D eigenvalue weighted by Crippen LogP contribution is -2.02. The van der Waals surface area contributed by atoms with Gasteiger partial charge in [0.1, 0.15) is 6.92 Å². The van der Waals surface area contributed by atoms with E-state index in [1.54, 1.807) is 0 Å². The second-order valence-electron chi connectivity index (χ2n) is 0.803. The van der Waals surface area contributed by atoms with Gasteiger partial charge in [0.05, 0.1) is 7.11 Å². The highest BCUT2D eigenvalue weighted by Crippen LogP contribution is 1.77. The monoisotopic (exact) mass is 103 g/mol. The summed E-state index contributed by atoms with van der Waals surface area (Å²) in [6.45, 7) is 3.37. The summed E-state index contributed by atoms with van der Waals surface area (Å²) < 4.78 is 8.31. The number of carbonyl (C=O) groups is 1.